The van der Waals surface area contributed by atoms with Crippen molar-refractivity contribution in [3.05, 3.63) is 56.6 Å². The first-order valence-corrected chi connectivity index (χ1v) is 9.84. The standard InChI is InChI=1S/C19H15NO3S2/c21-19(20-9-11-1-3-14-15(7-11)23-10-22-14)17-8-12-2-4-16-13(5-6-24-16)18(12)25-17/h1,3,5-8H,2,4,9-10H2,(H,20,21). The number of benzene rings is 1. The molecule has 1 aliphatic heterocycles. The minimum atomic E-state index is -0.0196. The van der Waals surface area contributed by atoms with E-state index in [0.29, 0.717) is 6.54 Å². The number of nitrogens with one attached hydrogen (secondary N) is 1. The number of amides is 1. The van der Waals surface area contributed by atoms with Crippen LogP contribution in [-0.4, -0.2) is 12.7 Å². The van der Waals surface area contributed by atoms with Gasteiger partial charge in [0.05, 0.1) is 4.88 Å². The van der Waals surface area contributed by atoms with Gasteiger partial charge in [0.15, 0.2) is 11.5 Å². The molecular weight excluding hydrogens is 354 g/mol. The number of carbonyl (C=O) groups excluding carboxylic acids is 1. The van der Waals surface area contributed by atoms with Gasteiger partial charge in [-0.1, -0.05) is 6.07 Å². The summed E-state index contributed by atoms with van der Waals surface area (Å²) in [5, 5.41) is 5.15. The maximum absolute atomic E-state index is 12.6. The summed E-state index contributed by atoms with van der Waals surface area (Å²) in [6.45, 7) is 0.734. The molecule has 2 aliphatic rings. The average Bonchev–Trinajstić information content (AvgIpc) is 3.36. The second kappa shape index (κ2) is 5.89. The summed E-state index contributed by atoms with van der Waals surface area (Å²) in [6.07, 6.45) is 2.10. The zero-order valence-electron chi connectivity index (χ0n) is 13.3. The first-order chi connectivity index (χ1) is 12.3. The van der Waals surface area contributed by atoms with Gasteiger partial charge in [0.1, 0.15) is 0 Å². The van der Waals surface area contributed by atoms with Gasteiger partial charge in [-0.15, -0.1) is 22.7 Å². The number of aryl methyl sites for hydroxylation is 2. The molecule has 1 aromatic carbocycles. The number of ether oxygens (including phenoxy) is 2. The number of rotatable bonds is 3. The maximum Gasteiger partial charge on any atom is 0.261 e. The van der Waals surface area contributed by atoms with Crippen molar-refractivity contribution in [2.24, 2.45) is 0 Å². The minimum Gasteiger partial charge on any atom is -0.454 e. The predicted octanol–water partition coefficient (Wildman–Crippen LogP) is 4.23. The lowest BCUT2D eigenvalue weighted by atomic mass is 9.98. The normalized spacial score (nSPS) is 14.1. The minimum absolute atomic E-state index is 0.0196. The Morgan fingerprint density at radius 2 is 2.04 bits per heavy atom. The molecule has 0 radical (unpaired) electrons. The fourth-order valence-electron chi connectivity index (χ4n) is 3.26. The van der Waals surface area contributed by atoms with E-state index in [1.807, 2.05) is 29.5 Å². The van der Waals surface area contributed by atoms with Crippen molar-refractivity contribution in [1.82, 2.24) is 5.32 Å². The fraction of sp³-hybridized carbons (Fsp3) is 0.211. The first kappa shape index (κ1) is 15.0. The van der Waals surface area contributed by atoms with Gasteiger partial charge < -0.3 is 14.8 Å². The third kappa shape index (κ3) is 2.62. The molecule has 0 bridgehead atoms. The predicted molar refractivity (Wildman–Crippen MR) is 98.8 cm³/mol. The molecule has 6 heteroatoms. The molecule has 3 aromatic rings. The summed E-state index contributed by atoms with van der Waals surface area (Å²) in [4.78, 5) is 16.0. The molecule has 4 nitrogen and oxygen atoms in total. The molecule has 0 atom stereocenters. The van der Waals surface area contributed by atoms with E-state index in [1.54, 1.807) is 11.3 Å². The Bertz CT molecular complexity index is 973. The summed E-state index contributed by atoms with van der Waals surface area (Å²) in [5.41, 5.74) is 3.61. The first-order valence-electron chi connectivity index (χ1n) is 8.14. The van der Waals surface area contributed by atoms with Crippen LogP contribution < -0.4 is 14.8 Å². The number of carbonyl (C=O) groups is 1. The monoisotopic (exact) mass is 369 g/mol. The molecule has 1 N–H and O–H groups in total. The largest absolute Gasteiger partial charge is 0.454 e. The lowest BCUT2D eigenvalue weighted by Gasteiger charge is -2.10. The van der Waals surface area contributed by atoms with Gasteiger partial charge in [0, 0.05) is 21.9 Å². The summed E-state index contributed by atoms with van der Waals surface area (Å²) < 4.78 is 10.7. The average molecular weight is 369 g/mol. The van der Waals surface area contributed by atoms with Gasteiger partial charge in [0.25, 0.3) is 5.91 Å². The van der Waals surface area contributed by atoms with Crippen LogP contribution in [0.5, 0.6) is 11.5 Å². The highest BCUT2D eigenvalue weighted by molar-refractivity contribution is 7.18. The molecule has 0 saturated heterocycles. The summed E-state index contributed by atoms with van der Waals surface area (Å²) >= 11 is 3.40. The number of hydrogen-bond acceptors (Lipinski definition) is 5. The molecular formula is C19H15NO3S2. The van der Waals surface area contributed by atoms with Crippen molar-refractivity contribution in [3.8, 4) is 21.9 Å². The highest BCUT2D eigenvalue weighted by atomic mass is 32.1. The second-order valence-corrected chi connectivity index (χ2v) is 8.15. The van der Waals surface area contributed by atoms with Crippen LogP contribution in [0.4, 0.5) is 0 Å². The van der Waals surface area contributed by atoms with E-state index in [9.17, 15) is 4.79 Å². The molecule has 25 heavy (non-hydrogen) atoms. The van der Waals surface area contributed by atoms with Gasteiger partial charge in [0.2, 0.25) is 6.79 Å². The SMILES string of the molecule is O=C(NCc1ccc2c(c1)OCO2)c1cc2c(s1)-c1ccsc1CC2. The Morgan fingerprint density at radius 3 is 3.00 bits per heavy atom. The van der Waals surface area contributed by atoms with E-state index in [-0.39, 0.29) is 12.7 Å². The summed E-state index contributed by atoms with van der Waals surface area (Å²) in [6, 6.07) is 9.97. The third-order valence-corrected chi connectivity index (χ3v) is 6.72. The molecule has 0 spiro atoms. The Labute approximate surface area is 153 Å². The highest BCUT2D eigenvalue weighted by Crippen LogP contribution is 2.41. The van der Waals surface area contributed by atoms with Crippen LogP contribution in [0.15, 0.2) is 35.7 Å². The van der Waals surface area contributed by atoms with Crippen molar-refractivity contribution in [2.45, 2.75) is 19.4 Å². The van der Waals surface area contributed by atoms with Crippen molar-refractivity contribution < 1.29 is 14.3 Å². The van der Waals surface area contributed by atoms with E-state index in [2.05, 4.69) is 22.8 Å². The maximum atomic E-state index is 12.6. The molecule has 3 heterocycles. The lowest BCUT2D eigenvalue weighted by Crippen LogP contribution is -2.21. The van der Waals surface area contributed by atoms with Crippen LogP contribution >= 0.6 is 22.7 Å². The molecule has 126 valence electrons. The van der Waals surface area contributed by atoms with Crippen LogP contribution in [0, 0.1) is 0 Å². The van der Waals surface area contributed by atoms with Crippen molar-refractivity contribution >= 4 is 28.6 Å². The van der Waals surface area contributed by atoms with Crippen LogP contribution in [0.1, 0.15) is 25.7 Å². The lowest BCUT2D eigenvalue weighted by molar-refractivity contribution is 0.0955. The van der Waals surface area contributed by atoms with E-state index >= 15 is 0 Å². The molecule has 1 aliphatic carbocycles. The molecule has 0 unspecified atom stereocenters. The molecule has 1 amide bonds. The summed E-state index contributed by atoms with van der Waals surface area (Å²) in [5.74, 6) is 1.48. The van der Waals surface area contributed by atoms with Gasteiger partial charge in [-0.05, 0) is 53.6 Å². The summed E-state index contributed by atoms with van der Waals surface area (Å²) in [7, 11) is 0. The van der Waals surface area contributed by atoms with Crippen molar-refractivity contribution in [1.29, 1.82) is 0 Å². The fourth-order valence-corrected chi connectivity index (χ4v) is 5.39. The van der Waals surface area contributed by atoms with Gasteiger partial charge in [-0.2, -0.15) is 0 Å². The van der Waals surface area contributed by atoms with Gasteiger partial charge in [-0.25, -0.2) is 0 Å². The van der Waals surface area contributed by atoms with Gasteiger partial charge >= 0.3 is 0 Å². The number of fused-ring (bicyclic) bond motifs is 4. The van der Waals surface area contributed by atoms with E-state index in [0.717, 1.165) is 34.8 Å². The molecule has 2 aromatic heterocycles. The van der Waals surface area contributed by atoms with Crippen molar-refractivity contribution in [2.75, 3.05) is 6.79 Å². The van der Waals surface area contributed by atoms with E-state index in [1.165, 1.54) is 20.9 Å². The van der Waals surface area contributed by atoms with Crippen molar-refractivity contribution in [3.63, 3.8) is 0 Å². The molecule has 0 fully saturated rings. The zero-order chi connectivity index (χ0) is 16.8. The Kier molecular flexibility index (Phi) is 3.53. The van der Waals surface area contributed by atoms with E-state index in [4.69, 9.17) is 9.47 Å². The van der Waals surface area contributed by atoms with Crippen LogP contribution in [-0.2, 0) is 19.4 Å². The Hall–Kier alpha value is -2.31. The number of thiophene rings is 2. The second-order valence-electron chi connectivity index (χ2n) is 6.09. The van der Waals surface area contributed by atoms with Crippen LogP contribution in [0.25, 0.3) is 10.4 Å². The van der Waals surface area contributed by atoms with Crippen LogP contribution in [0.3, 0.4) is 0 Å². The van der Waals surface area contributed by atoms with E-state index < -0.39 is 0 Å². The zero-order valence-corrected chi connectivity index (χ0v) is 15.0. The Balaban J connectivity index is 1.33. The number of hydrogen-bond donors (Lipinski definition) is 1. The topological polar surface area (TPSA) is 47.6 Å². The van der Waals surface area contributed by atoms with Gasteiger partial charge in [-0.3, -0.25) is 4.79 Å². The van der Waals surface area contributed by atoms with Crippen LogP contribution in [0.2, 0.25) is 0 Å². The third-order valence-electron chi connectivity index (χ3n) is 4.53. The molecule has 5 rings (SSSR count). The quantitative estimate of drug-likeness (QED) is 0.751. The molecule has 0 saturated carbocycles. The smallest absolute Gasteiger partial charge is 0.261 e. The highest BCUT2D eigenvalue weighted by Gasteiger charge is 2.22. The Morgan fingerprint density at radius 1 is 1.12 bits per heavy atom.